The lowest BCUT2D eigenvalue weighted by molar-refractivity contribution is -0.122. The Bertz CT molecular complexity index is 592. The van der Waals surface area contributed by atoms with Crippen molar-refractivity contribution in [3.63, 3.8) is 0 Å². The van der Waals surface area contributed by atoms with Crippen molar-refractivity contribution in [2.75, 3.05) is 38.2 Å². The SMILES string of the molecule is COc1ccccc1N1CC[C@H](CNC(=O)[C@H]2CNC(=O)N2)C1. The maximum atomic E-state index is 12.0. The molecule has 3 amide bonds. The summed E-state index contributed by atoms with van der Waals surface area (Å²) in [5.74, 6) is 1.14. The van der Waals surface area contributed by atoms with Crippen molar-refractivity contribution in [3.8, 4) is 5.75 Å². The predicted octanol–water partition coefficient (Wildman–Crippen LogP) is 0.319. The number of ether oxygens (including phenoxy) is 1. The fourth-order valence-corrected chi connectivity index (χ4v) is 3.09. The molecule has 0 saturated carbocycles. The van der Waals surface area contributed by atoms with E-state index in [9.17, 15) is 9.59 Å². The molecule has 1 aromatic rings. The zero-order valence-corrected chi connectivity index (χ0v) is 13.2. The van der Waals surface area contributed by atoms with Gasteiger partial charge < -0.3 is 25.6 Å². The van der Waals surface area contributed by atoms with Crippen molar-refractivity contribution < 1.29 is 14.3 Å². The fraction of sp³-hybridized carbons (Fsp3) is 0.500. The number of anilines is 1. The van der Waals surface area contributed by atoms with E-state index in [2.05, 4.69) is 26.9 Å². The van der Waals surface area contributed by atoms with E-state index in [1.54, 1.807) is 7.11 Å². The Hall–Kier alpha value is -2.44. The number of amides is 3. The Balaban J connectivity index is 1.50. The van der Waals surface area contributed by atoms with Gasteiger partial charge in [-0.1, -0.05) is 12.1 Å². The summed E-state index contributed by atoms with van der Waals surface area (Å²) in [6.07, 6.45) is 1.02. The van der Waals surface area contributed by atoms with Gasteiger partial charge >= 0.3 is 6.03 Å². The summed E-state index contributed by atoms with van der Waals surface area (Å²) in [4.78, 5) is 25.3. The van der Waals surface area contributed by atoms with E-state index in [1.807, 2.05) is 18.2 Å². The minimum Gasteiger partial charge on any atom is -0.495 e. The summed E-state index contributed by atoms with van der Waals surface area (Å²) < 4.78 is 5.41. The molecule has 1 aromatic carbocycles. The number of nitrogens with one attached hydrogen (secondary N) is 3. The van der Waals surface area contributed by atoms with Gasteiger partial charge in [0.25, 0.3) is 0 Å². The van der Waals surface area contributed by atoms with E-state index in [1.165, 1.54) is 0 Å². The second kappa shape index (κ2) is 6.76. The van der Waals surface area contributed by atoms with Crippen LogP contribution in [0.5, 0.6) is 5.75 Å². The number of para-hydroxylation sites is 2. The highest BCUT2D eigenvalue weighted by molar-refractivity contribution is 5.90. The van der Waals surface area contributed by atoms with Crippen molar-refractivity contribution in [2.45, 2.75) is 12.5 Å². The zero-order valence-electron chi connectivity index (χ0n) is 13.2. The van der Waals surface area contributed by atoms with E-state index in [-0.39, 0.29) is 11.9 Å². The molecule has 7 heteroatoms. The van der Waals surface area contributed by atoms with Gasteiger partial charge in [0.05, 0.1) is 12.8 Å². The van der Waals surface area contributed by atoms with Gasteiger partial charge in [0.15, 0.2) is 0 Å². The Kier molecular flexibility index (Phi) is 4.55. The normalized spacial score (nSPS) is 23.3. The standard InChI is InChI=1S/C16H22N4O3/c1-23-14-5-3-2-4-13(14)20-7-6-11(10-20)8-17-15(21)12-9-18-16(22)19-12/h2-5,11-12H,6-10H2,1H3,(H,17,21)(H2,18,19,22)/t11-,12-/m1/s1. The van der Waals surface area contributed by atoms with Crippen LogP contribution < -0.4 is 25.6 Å². The third-order valence-electron chi connectivity index (χ3n) is 4.37. The van der Waals surface area contributed by atoms with E-state index in [4.69, 9.17) is 4.74 Å². The summed E-state index contributed by atoms with van der Waals surface area (Å²) in [6.45, 7) is 2.80. The number of rotatable bonds is 5. The molecule has 23 heavy (non-hydrogen) atoms. The monoisotopic (exact) mass is 318 g/mol. The molecule has 0 bridgehead atoms. The molecule has 0 aromatic heterocycles. The number of hydrogen-bond donors (Lipinski definition) is 3. The lowest BCUT2D eigenvalue weighted by Crippen LogP contribution is -2.44. The van der Waals surface area contributed by atoms with Gasteiger partial charge in [-0.15, -0.1) is 0 Å². The van der Waals surface area contributed by atoms with Crippen LogP contribution in [0.15, 0.2) is 24.3 Å². The number of methoxy groups -OCH3 is 1. The van der Waals surface area contributed by atoms with Crippen LogP contribution in [0.25, 0.3) is 0 Å². The lowest BCUT2D eigenvalue weighted by Gasteiger charge is -2.21. The third kappa shape index (κ3) is 3.49. The quantitative estimate of drug-likeness (QED) is 0.730. The van der Waals surface area contributed by atoms with Gasteiger partial charge in [0.2, 0.25) is 5.91 Å². The maximum absolute atomic E-state index is 12.0. The molecule has 2 heterocycles. The molecule has 0 unspecified atom stereocenters. The van der Waals surface area contributed by atoms with Crippen molar-refractivity contribution >= 4 is 17.6 Å². The Morgan fingerprint density at radius 3 is 3.00 bits per heavy atom. The topological polar surface area (TPSA) is 82.7 Å². The Labute approximate surface area is 135 Å². The summed E-state index contributed by atoms with van der Waals surface area (Å²) in [5, 5.41) is 8.11. The van der Waals surface area contributed by atoms with Crippen LogP contribution in [0.2, 0.25) is 0 Å². The van der Waals surface area contributed by atoms with E-state index < -0.39 is 6.04 Å². The molecule has 124 valence electrons. The van der Waals surface area contributed by atoms with Crippen LogP contribution in [0, 0.1) is 5.92 Å². The van der Waals surface area contributed by atoms with Gasteiger partial charge in [0.1, 0.15) is 11.8 Å². The van der Waals surface area contributed by atoms with E-state index >= 15 is 0 Å². The molecule has 2 atom stereocenters. The molecule has 0 spiro atoms. The smallest absolute Gasteiger partial charge is 0.315 e. The highest BCUT2D eigenvalue weighted by atomic mass is 16.5. The van der Waals surface area contributed by atoms with Crippen LogP contribution in [0.3, 0.4) is 0 Å². The first-order valence-corrected chi connectivity index (χ1v) is 7.87. The van der Waals surface area contributed by atoms with Gasteiger partial charge in [-0.05, 0) is 24.5 Å². The van der Waals surface area contributed by atoms with Crippen molar-refractivity contribution in [1.82, 2.24) is 16.0 Å². The average Bonchev–Trinajstić information content (AvgIpc) is 3.21. The summed E-state index contributed by atoms with van der Waals surface area (Å²) in [7, 11) is 1.68. The highest BCUT2D eigenvalue weighted by Crippen LogP contribution is 2.31. The van der Waals surface area contributed by atoms with E-state index in [0.717, 1.165) is 30.9 Å². The number of urea groups is 1. The summed E-state index contributed by atoms with van der Waals surface area (Å²) in [6, 6.07) is 7.23. The first-order valence-electron chi connectivity index (χ1n) is 7.87. The number of hydrogen-bond acceptors (Lipinski definition) is 4. The van der Waals surface area contributed by atoms with Crippen LogP contribution in [0.1, 0.15) is 6.42 Å². The van der Waals surface area contributed by atoms with Crippen LogP contribution >= 0.6 is 0 Å². The van der Waals surface area contributed by atoms with Gasteiger partial charge in [-0.3, -0.25) is 4.79 Å². The molecule has 7 nitrogen and oxygen atoms in total. The zero-order chi connectivity index (χ0) is 16.2. The van der Waals surface area contributed by atoms with Crippen LogP contribution in [-0.2, 0) is 4.79 Å². The molecule has 2 fully saturated rings. The van der Waals surface area contributed by atoms with Crippen LogP contribution in [0.4, 0.5) is 10.5 Å². The average molecular weight is 318 g/mol. The maximum Gasteiger partial charge on any atom is 0.315 e. The van der Waals surface area contributed by atoms with Crippen molar-refractivity contribution in [1.29, 1.82) is 0 Å². The number of carbonyl (C=O) groups excluding carboxylic acids is 2. The molecule has 2 aliphatic rings. The van der Waals surface area contributed by atoms with Crippen molar-refractivity contribution in [3.05, 3.63) is 24.3 Å². The minimum absolute atomic E-state index is 0.126. The Morgan fingerprint density at radius 1 is 1.43 bits per heavy atom. The molecular formula is C16H22N4O3. The van der Waals surface area contributed by atoms with Gasteiger partial charge in [-0.25, -0.2) is 4.79 Å². The Morgan fingerprint density at radius 2 is 2.26 bits per heavy atom. The molecular weight excluding hydrogens is 296 g/mol. The molecule has 2 aliphatic heterocycles. The predicted molar refractivity (Wildman–Crippen MR) is 86.6 cm³/mol. The summed E-state index contributed by atoms with van der Waals surface area (Å²) >= 11 is 0. The van der Waals surface area contributed by atoms with Crippen LogP contribution in [-0.4, -0.2) is 51.3 Å². The van der Waals surface area contributed by atoms with Crippen molar-refractivity contribution in [2.24, 2.45) is 5.92 Å². The number of nitrogens with zero attached hydrogens (tertiary/aromatic N) is 1. The second-order valence-electron chi connectivity index (χ2n) is 5.92. The lowest BCUT2D eigenvalue weighted by atomic mass is 10.1. The molecule has 3 rings (SSSR count). The van der Waals surface area contributed by atoms with Gasteiger partial charge in [0, 0.05) is 26.2 Å². The first-order chi connectivity index (χ1) is 11.2. The fourth-order valence-electron chi connectivity index (χ4n) is 3.09. The highest BCUT2D eigenvalue weighted by Gasteiger charge is 2.29. The van der Waals surface area contributed by atoms with E-state index in [0.29, 0.717) is 19.0 Å². The number of benzene rings is 1. The minimum atomic E-state index is -0.464. The largest absolute Gasteiger partial charge is 0.495 e. The molecule has 3 N–H and O–H groups in total. The summed E-state index contributed by atoms with van der Waals surface area (Å²) in [5.41, 5.74) is 1.09. The molecule has 0 aliphatic carbocycles. The first kappa shape index (κ1) is 15.5. The third-order valence-corrected chi connectivity index (χ3v) is 4.37. The molecule has 2 saturated heterocycles. The molecule has 0 radical (unpaired) electrons. The number of carbonyl (C=O) groups is 2. The second-order valence-corrected chi connectivity index (χ2v) is 5.92. The van der Waals surface area contributed by atoms with Gasteiger partial charge in [-0.2, -0.15) is 0 Å².